The molecule has 2 aliphatic rings. The van der Waals surface area contributed by atoms with E-state index in [1.54, 1.807) is 12.1 Å². The number of benzene rings is 1. The Labute approximate surface area is 301 Å². The Kier molecular flexibility index (Phi) is 8.68. The summed E-state index contributed by atoms with van der Waals surface area (Å²) < 4.78 is 104. The summed E-state index contributed by atoms with van der Waals surface area (Å²) in [6, 6.07) is 7.38. The van der Waals surface area contributed by atoms with E-state index in [1.165, 1.54) is 30.4 Å². The zero-order valence-electron chi connectivity index (χ0n) is 27.7. The van der Waals surface area contributed by atoms with Crippen molar-refractivity contribution in [2.24, 2.45) is 5.92 Å². The Balaban J connectivity index is 1.36. The van der Waals surface area contributed by atoms with Crippen LogP contribution in [0.15, 0.2) is 42.5 Å². The Bertz CT molecular complexity index is 2340. The van der Waals surface area contributed by atoms with E-state index in [1.807, 2.05) is 0 Å². The lowest BCUT2D eigenvalue weighted by molar-refractivity contribution is -0.144. The van der Waals surface area contributed by atoms with Gasteiger partial charge in [-0.05, 0) is 86.9 Å². The van der Waals surface area contributed by atoms with Crippen molar-refractivity contribution in [2.45, 2.75) is 69.3 Å². The Morgan fingerprint density at radius 3 is 2.43 bits per heavy atom. The minimum absolute atomic E-state index is 0.0128. The SMILES string of the molecule is CC(C)(O)C#Cc1ccc(-c2ccc(Cl)n3c(N)nnc23)c([C@H](Cc2cc(F)cc(F)c2)NC(=O)Cn2nc(C(F)(F)F)c3c2C(F)(F)[C@@H]2CC[C@H]32)n1. The van der Waals surface area contributed by atoms with Gasteiger partial charge in [0.15, 0.2) is 11.3 Å². The minimum Gasteiger partial charge on any atom is -0.378 e. The van der Waals surface area contributed by atoms with Gasteiger partial charge in [0.05, 0.1) is 11.7 Å². The van der Waals surface area contributed by atoms with Crippen LogP contribution in [0.2, 0.25) is 5.15 Å². The number of hydrogen-bond acceptors (Lipinski definition) is 7. The van der Waals surface area contributed by atoms with Gasteiger partial charge in [-0.3, -0.25) is 13.9 Å². The fourth-order valence-corrected chi connectivity index (χ4v) is 7.19. The molecule has 0 spiro atoms. The van der Waals surface area contributed by atoms with Crippen LogP contribution in [-0.4, -0.2) is 46.0 Å². The number of carbonyl (C=O) groups excluding carboxylic acids is 1. The molecule has 1 fully saturated rings. The number of nitrogens with zero attached hydrogens (tertiary/aromatic N) is 6. The first kappa shape index (κ1) is 36.2. The molecule has 0 unspecified atom stereocenters. The Morgan fingerprint density at radius 1 is 1.09 bits per heavy atom. The molecule has 0 radical (unpaired) electrons. The molecule has 276 valence electrons. The standard InChI is InChI=1S/C35H28ClF7N8O2/c1-33(2,53)10-9-19-3-4-20(21-6-8-25(36)51-31(21)47-48-32(51)44)28(45-19)24(13-16-11-17(37)14-18(38)12-16)46-26(52)15-50-30-27(29(49-50)35(41,42)43)22-5-7-23(22)34(30,39)40/h3-4,6,8,11-12,14,22-24,53H,5,7,13,15H2,1-2H3,(H2,44,48)(H,46,52)/t22-,23+,24-/m0/s1. The molecule has 1 aromatic carbocycles. The molecule has 1 amide bonds. The second-order valence-corrected chi connectivity index (χ2v) is 13.9. The number of alkyl halides is 5. The number of pyridine rings is 2. The van der Waals surface area contributed by atoms with Crippen molar-refractivity contribution in [1.82, 2.24) is 34.7 Å². The predicted molar refractivity (Wildman–Crippen MR) is 176 cm³/mol. The number of anilines is 1. The summed E-state index contributed by atoms with van der Waals surface area (Å²) in [7, 11) is 0. The van der Waals surface area contributed by atoms with Crippen LogP contribution in [0, 0.1) is 29.4 Å². The molecule has 4 heterocycles. The normalized spacial score (nSPS) is 18.2. The van der Waals surface area contributed by atoms with E-state index in [-0.39, 0.29) is 58.5 Å². The largest absolute Gasteiger partial charge is 0.435 e. The molecule has 53 heavy (non-hydrogen) atoms. The number of rotatable bonds is 7. The van der Waals surface area contributed by atoms with Gasteiger partial charge >= 0.3 is 6.18 Å². The maximum Gasteiger partial charge on any atom is 0.435 e. The second-order valence-electron chi connectivity index (χ2n) is 13.5. The molecule has 2 aliphatic carbocycles. The number of fused-ring (bicyclic) bond motifs is 4. The fourth-order valence-electron chi connectivity index (χ4n) is 6.96. The van der Waals surface area contributed by atoms with Crippen LogP contribution in [0.3, 0.4) is 0 Å². The van der Waals surface area contributed by atoms with Gasteiger partial charge in [0.2, 0.25) is 11.9 Å². The van der Waals surface area contributed by atoms with Gasteiger partial charge in [-0.25, -0.2) is 13.8 Å². The maximum atomic E-state index is 15.5. The average molecular weight is 761 g/mol. The van der Waals surface area contributed by atoms with Crippen molar-refractivity contribution >= 4 is 29.1 Å². The van der Waals surface area contributed by atoms with E-state index in [2.05, 4.69) is 37.4 Å². The number of nitrogens with one attached hydrogen (secondary N) is 1. The number of aromatic nitrogens is 6. The first-order chi connectivity index (χ1) is 24.8. The Morgan fingerprint density at radius 2 is 1.79 bits per heavy atom. The number of halogens is 8. The molecule has 5 aromatic rings. The minimum atomic E-state index is -5.06. The highest BCUT2D eigenvalue weighted by atomic mass is 35.5. The summed E-state index contributed by atoms with van der Waals surface area (Å²) in [5, 5.41) is 24.5. The van der Waals surface area contributed by atoms with Gasteiger partial charge in [0.1, 0.15) is 40.3 Å². The number of hydrogen-bond donors (Lipinski definition) is 3. The number of amides is 1. The third-order valence-electron chi connectivity index (χ3n) is 9.25. The molecule has 0 saturated heterocycles. The van der Waals surface area contributed by atoms with Crippen molar-refractivity contribution < 1.29 is 40.6 Å². The van der Waals surface area contributed by atoms with Crippen LogP contribution < -0.4 is 11.1 Å². The monoisotopic (exact) mass is 760 g/mol. The van der Waals surface area contributed by atoms with Crippen molar-refractivity contribution in [3.05, 3.63) is 93.2 Å². The number of aliphatic hydroxyl groups is 1. The molecule has 0 aliphatic heterocycles. The summed E-state index contributed by atoms with van der Waals surface area (Å²) in [4.78, 5) is 18.5. The number of nitrogen functional groups attached to an aromatic ring is 1. The highest BCUT2D eigenvalue weighted by Gasteiger charge is 2.63. The molecule has 18 heteroatoms. The second kappa shape index (κ2) is 12.7. The number of nitrogens with two attached hydrogens (primary N) is 1. The summed E-state index contributed by atoms with van der Waals surface area (Å²) in [5.41, 5.74) is 2.35. The molecular weight excluding hydrogens is 733 g/mol. The fraction of sp³-hybridized carbons (Fsp3) is 0.343. The van der Waals surface area contributed by atoms with Crippen LogP contribution >= 0.6 is 11.6 Å². The maximum absolute atomic E-state index is 15.5. The molecule has 3 atom stereocenters. The van der Waals surface area contributed by atoms with Gasteiger partial charge < -0.3 is 16.2 Å². The predicted octanol–water partition coefficient (Wildman–Crippen LogP) is 6.34. The quantitative estimate of drug-likeness (QED) is 0.100. The highest BCUT2D eigenvalue weighted by molar-refractivity contribution is 6.30. The van der Waals surface area contributed by atoms with Gasteiger partial charge in [-0.15, -0.1) is 10.2 Å². The van der Waals surface area contributed by atoms with Crippen molar-refractivity contribution in [1.29, 1.82) is 0 Å². The van der Waals surface area contributed by atoms with Gasteiger partial charge in [0, 0.05) is 28.7 Å². The lowest BCUT2D eigenvalue weighted by Crippen LogP contribution is -2.36. The summed E-state index contributed by atoms with van der Waals surface area (Å²) in [6.07, 6.45) is -5.28. The van der Waals surface area contributed by atoms with Crippen LogP contribution in [0.5, 0.6) is 0 Å². The molecule has 10 nitrogen and oxygen atoms in total. The van der Waals surface area contributed by atoms with E-state index in [4.69, 9.17) is 17.3 Å². The summed E-state index contributed by atoms with van der Waals surface area (Å²) >= 11 is 6.35. The molecule has 4 N–H and O–H groups in total. The lowest BCUT2D eigenvalue weighted by Gasteiger charge is -2.34. The van der Waals surface area contributed by atoms with Crippen molar-refractivity contribution in [3.63, 3.8) is 0 Å². The zero-order chi connectivity index (χ0) is 38.2. The van der Waals surface area contributed by atoms with Crippen LogP contribution in [-0.2, 0) is 29.9 Å². The first-order valence-electron chi connectivity index (χ1n) is 16.2. The third-order valence-corrected chi connectivity index (χ3v) is 9.54. The van der Waals surface area contributed by atoms with Crippen LogP contribution in [0.1, 0.15) is 72.6 Å². The van der Waals surface area contributed by atoms with Crippen LogP contribution in [0.25, 0.3) is 16.8 Å². The van der Waals surface area contributed by atoms with Gasteiger partial charge in [-0.1, -0.05) is 17.5 Å². The van der Waals surface area contributed by atoms with Crippen molar-refractivity contribution in [2.75, 3.05) is 5.73 Å². The zero-order valence-corrected chi connectivity index (χ0v) is 28.5. The summed E-state index contributed by atoms with van der Waals surface area (Å²) in [6.45, 7) is 1.81. The Hall–Kier alpha value is -5.21. The molecular formula is C35H28ClF7N8O2. The van der Waals surface area contributed by atoms with E-state index < -0.39 is 76.6 Å². The van der Waals surface area contributed by atoms with Gasteiger partial charge in [-0.2, -0.15) is 27.1 Å². The molecule has 1 saturated carbocycles. The van der Waals surface area contributed by atoms with E-state index >= 15 is 8.78 Å². The highest BCUT2D eigenvalue weighted by Crippen LogP contribution is 2.64. The number of carbonyl (C=O) groups is 1. The average Bonchev–Trinajstić information content (AvgIpc) is 3.64. The van der Waals surface area contributed by atoms with E-state index in [0.717, 1.165) is 12.1 Å². The third kappa shape index (κ3) is 6.65. The van der Waals surface area contributed by atoms with E-state index in [9.17, 15) is 31.9 Å². The van der Waals surface area contributed by atoms with E-state index in [0.29, 0.717) is 16.3 Å². The van der Waals surface area contributed by atoms with Crippen molar-refractivity contribution in [3.8, 4) is 23.0 Å². The topological polar surface area (TPSA) is 136 Å². The first-order valence-corrected chi connectivity index (χ1v) is 16.6. The van der Waals surface area contributed by atoms with Gasteiger partial charge in [0.25, 0.3) is 5.92 Å². The van der Waals surface area contributed by atoms with Crippen LogP contribution in [0.4, 0.5) is 36.7 Å². The molecule has 7 rings (SSSR count). The molecule has 4 aromatic heterocycles. The smallest absolute Gasteiger partial charge is 0.378 e. The summed E-state index contributed by atoms with van der Waals surface area (Å²) in [5.74, 6) is -3.72. The lowest BCUT2D eigenvalue weighted by atomic mass is 9.73. The molecule has 0 bridgehead atoms.